The smallest absolute Gasteiger partial charge is 0.492 e. The SMILES string of the molecule is COc1c(OC(=O)OC(C)(C)C)cc2c(c1OC)-c1ccc(SC)c(=O)cc1C(N(C(C)=O)C(=O)OC(C)(C)C)CC2. The number of amides is 2. The summed E-state index contributed by atoms with van der Waals surface area (Å²) in [6, 6.07) is 5.72. The number of carbonyl (C=O) groups excluding carboxylic acids is 3. The van der Waals surface area contributed by atoms with Gasteiger partial charge < -0.3 is 23.7 Å². The van der Waals surface area contributed by atoms with E-state index in [1.807, 2.05) is 0 Å². The van der Waals surface area contributed by atoms with E-state index in [0.717, 1.165) is 4.90 Å². The Labute approximate surface area is 250 Å². The van der Waals surface area contributed by atoms with Gasteiger partial charge in [0.05, 0.1) is 25.2 Å². The second-order valence-electron chi connectivity index (χ2n) is 11.7. The molecule has 0 aromatic heterocycles. The molecule has 0 fully saturated rings. The summed E-state index contributed by atoms with van der Waals surface area (Å²) in [5.41, 5.74) is 0.360. The second kappa shape index (κ2) is 12.6. The van der Waals surface area contributed by atoms with Gasteiger partial charge in [0.1, 0.15) is 11.2 Å². The van der Waals surface area contributed by atoms with Crippen molar-refractivity contribution in [2.24, 2.45) is 0 Å². The highest BCUT2D eigenvalue weighted by molar-refractivity contribution is 7.98. The lowest BCUT2D eigenvalue weighted by molar-refractivity contribution is -0.130. The Kier molecular flexibility index (Phi) is 9.87. The maximum absolute atomic E-state index is 13.4. The zero-order chi connectivity index (χ0) is 31.6. The number of methoxy groups -OCH3 is 2. The molecule has 2 aromatic rings. The summed E-state index contributed by atoms with van der Waals surface area (Å²) in [4.78, 5) is 53.8. The molecule has 1 atom stereocenters. The number of carbonyl (C=O) groups is 3. The standard InChI is InChI=1S/C31H39NO9S/c1-17(33)32(28(35)40-30(2,3)4)21-13-11-18-15-23(39-29(36)41-31(5,6)7)26(37-8)27(38-9)25(18)19-12-14-24(42-10)22(34)16-20(19)21/h12,14-16,21H,11,13H2,1-10H3. The molecule has 0 saturated heterocycles. The largest absolute Gasteiger partial charge is 0.514 e. The molecule has 0 N–H and O–H groups in total. The first kappa shape index (κ1) is 32.8. The summed E-state index contributed by atoms with van der Waals surface area (Å²) < 4.78 is 28.0. The van der Waals surface area contributed by atoms with Crippen LogP contribution in [0.25, 0.3) is 11.1 Å². The summed E-state index contributed by atoms with van der Waals surface area (Å²) in [6.45, 7) is 11.6. The lowest BCUT2D eigenvalue weighted by Crippen LogP contribution is -2.42. The van der Waals surface area contributed by atoms with Gasteiger partial charge >= 0.3 is 12.2 Å². The number of rotatable bonds is 5. The van der Waals surface area contributed by atoms with Gasteiger partial charge in [-0.05, 0) is 95.5 Å². The fourth-order valence-corrected chi connectivity index (χ4v) is 5.25. The van der Waals surface area contributed by atoms with E-state index in [4.69, 9.17) is 23.7 Å². The number of fused-ring (bicyclic) bond motifs is 3. The monoisotopic (exact) mass is 601 g/mol. The number of nitrogens with zero attached hydrogens (tertiary/aromatic N) is 1. The lowest BCUT2D eigenvalue weighted by atomic mass is 9.95. The Morgan fingerprint density at radius 1 is 0.929 bits per heavy atom. The molecule has 0 bridgehead atoms. The highest BCUT2D eigenvalue weighted by Crippen LogP contribution is 2.51. The van der Waals surface area contributed by atoms with Crippen LogP contribution in [0.15, 0.2) is 34.0 Å². The van der Waals surface area contributed by atoms with Crippen LogP contribution >= 0.6 is 11.8 Å². The van der Waals surface area contributed by atoms with E-state index in [0.29, 0.717) is 33.6 Å². The quantitative estimate of drug-likeness (QED) is 0.212. The van der Waals surface area contributed by atoms with Crippen molar-refractivity contribution in [3.05, 3.63) is 45.6 Å². The molecule has 1 unspecified atom stereocenters. The van der Waals surface area contributed by atoms with Gasteiger partial charge in [0.15, 0.2) is 16.9 Å². The minimum absolute atomic E-state index is 0.0764. The fourth-order valence-electron chi connectivity index (χ4n) is 4.79. The summed E-state index contributed by atoms with van der Waals surface area (Å²) in [5, 5.41) is 0. The molecule has 1 aliphatic carbocycles. The van der Waals surface area contributed by atoms with Crippen LogP contribution in [0.2, 0.25) is 0 Å². The van der Waals surface area contributed by atoms with Crippen molar-refractivity contribution in [3.8, 4) is 28.4 Å². The van der Waals surface area contributed by atoms with Crippen LogP contribution in [0.1, 0.15) is 72.1 Å². The summed E-state index contributed by atoms with van der Waals surface area (Å²) in [5.74, 6) is -0.0614. The van der Waals surface area contributed by atoms with Crippen LogP contribution in [0.5, 0.6) is 17.2 Å². The Balaban J connectivity index is 2.34. The molecule has 0 heterocycles. The van der Waals surface area contributed by atoms with Gasteiger partial charge in [-0.25, -0.2) is 14.5 Å². The summed E-state index contributed by atoms with van der Waals surface area (Å²) in [6.07, 6.45) is 0.617. The number of ether oxygens (including phenoxy) is 5. The van der Waals surface area contributed by atoms with E-state index in [-0.39, 0.29) is 29.1 Å². The van der Waals surface area contributed by atoms with Crippen LogP contribution in [0, 0.1) is 0 Å². The number of imide groups is 1. The average Bonchev–Trinajstić information content (AvgIpc) is 3.09. The topological polar surface area (TPSA) is 118 Å². The van der Waals surface area contributed by atoms with Crippen molar-refractivity contribution in [1.29, 1.82) is 0 Å². The van der Waals surface area contributed by atoms with Gasteiger partial charge in [-0.1, -0.05) is 6.07 Å². The first-order chi connectivity index (χ1) is 19.5. The highest BCUT2D eigenvalue weighted by atomic mass is 32.2. The van der Waals surface area contributed by atoms with Crippen molar-refractivity contribution in [3.63, 3.8) is 0 Å². The number of benzene rings is 1. The lowest BCUT2D eigenvalue weighted by Gasteiger charge is -2.31. The van der Waals surface area contributed by atoms with E-state index in [1.165, 1.54) is 39.0 Å². The van der Waals surface area contributed by atoms with Crippen molar-refractivity contribution >= 4 is 29.9 Å². The molecular formula is C31H39NO9S. The molecule has 1 aliphatic rings. The van der Waals surface area contributed by atoms with E-state index in [1.54, 1.807) is 66.0 Å². The maximum Gasteiger partial charge on any atom is 0.514 e. The molecule has 0 radical (unpaired) electrons. The van der Waals surface area contributed by atoms with Crippen molar-refractivity contribution in [1.82, 2.24) is 4.90 Å². The van der Waals surface area contributed by atoms with E-state index < -0.39 is 35.4 Å². The molecule has 42 heavy (non-hydrogen) atoms. The summed E-state index contributed by atoms with van der Waals surface area (Å²) >= 11 is 1.28. The minimum Gasteiger partial charge on any atom is -0.492 e. The third-order valence-electron chi connectivity index (χ3n) is 6.29. The van der Waals surface area contributed by atoms with Gasteiger partial charge in [0.25, 0.3) is 0 Å². The zero-order valence-corrected chi connectivity index (χ0v) is 26.6. The molecule has 228 valence electrons. The van der Waals surface area contributed by atoms with E-state index >= 15 is 0 Å². The highest BCUT2D eigenvalue weighted by Gasteiger charge is 2.37. The molecule has 3 rings (SSSR count). The predicted octanol–water partition coefficient (Wildman–Crippen LogP) is 6.54. The van der Waals surface area contributed by atoms with Crippen LogP contribution in [-0.4, -0.2) is 54.7 Å². The van der Waals surface area contributed by atoms with Gasteiger partial charge in [-0.2, -0.15) is 0 Å². The van der Waals surface area contributed by atoms with E-state index in [9.17, 15) is 19.2 Å². The fraction of sp³-hybridized carbons (Fsp3) is 0.484. The first-order valence-corrected chi connectivity index (χ1v) is 14.7. The Morgan fingerprint density at radius 2 is 1.55 bits per heavy atom. The van der Waals surface area contributed by atoms with Gasteiger partial charge in [0.2, 0.25) is 11.7 Å². The number of hydrogen-bond acceptors (Lipinski definition) is 10. The van der Waals surface area contributed by atoms with Gasteiger partial charge in [0, 0.05) is 12.5 Å². The third kappa shape index (κ3) is 7.36. The molecule has 0 saturated carbocycles. The van der Waals surface area contributed by atoms with Crippen LogP contribution in [0.3, 0.4) is 0 Å². The van der Waals surface area contributed by atoms with Crippen molar-refractivity contribution in [2.75, 3.05) is 20.5 Å². The van der Waals surface area contributed by atoms with E-state index in [2.05, 4.69) is 0 Å². The number of aryl methyl sites for hydroxylation is 1. The molecule has 2 amide bonds. The Bertz CT molecular complexity index is 1440. The van der Waals surface area contributed by atoms with Crippen LogP contribution in [0.4, 0.5) is 9.59 Å². The van der Waals surface area contributed by atoms with Crippen molar-refractivity contribution in [2.45, 2.75) is 83.4 Å². The second-order valence-corrected chi connectivity index (χ2v) is 12.6. The third-order valence-corrected chi connectivity index (χ3v) is 7.07. The van der Waals surface area contributed by atoms with Gasteiger partial charge in [-0.3, -0.25) is 9.59 Å². The Morgan fingerprint density at radius 3 is 2.07 bits per heavy atom. The number of thioether (sulfide) groups is 1. The summed E-state index contributed by atoms with van der Waals surface area (Å²) in [7, 11) is 2.87. The maximum atomic E-state index is 13.4. The first-order valence-electron chi connectivity index (χ1n) is 13.4. The molecule has 0 spiro atoms. The molecule has 11 heteroatoms. The Hall–Kier alpha value is -3.73. The number of hydrogen-bond donors (Lipinski definition) is 0. The molecule has 2 aromatic carbocycles. The van der Waals surface area contributed by atoms with Crippen molar-refractivity contribution < 1.29 is 38.1 Å². The molecular weight excluding hydrogens is 562 g/mol. The zero-order valence-electron chi connectivity index (χ0n) is 25.8. The normalized spacial score (nSPS) is 14.5. The molecule has 0 aliphatic heterocycles. The van der Waals surface area contributed by atoms with Crippen LogP contribution < -0.4 is 19.6 Å². The minimum atomic E-state index is -0.922. The van der Waals surface area contributed by atoms with Crippen LogP contribution in [-0.2, 0) is 20.7 Å². The van der Waals surface area contributed by atoms with Gasteiger partial charge in [-0.15, -0.1) is 11.8 Å². The average molecular weight is 602 g/mol. The predicted molar refractivity (Wildman–Crippen MR) is 160 cm³/mol. The molecule has 10 nitrogen and oxygen atoms in total.